The molecule has 5 heteroatoms. The fraction of sp³-hybridized carbons (Fsp3) is 0.667. The second-order valence-electron chi connectivity index (χ2n) is 5.10. The predicted octanol–water partition coefficient (Wildman–Crippen LogP) is 0.791. The first-order valence-electron chi connectivity index (χ1n) is 6.20. The van der Waals surface area contributed by atoms with Gasteiger partial charge in [-0.2, -0.15) is 0 Å². The van der Waals surface area contributed by atoms with Crippen LogP contribution in [-0.4, -0.2) is 29.7 Å². The van der Waals surface area contributed by atoms with Gasteiger partial charge in [-0.1, -0.05) is 12.1 Å². The molecule has 3 rings (SSSR count). The topological polar surface area (TPSA) is 67.2 Å². The average molecular weight is 235 g/mol. The van der Waals surface area contributed by atoms with Crippen LogP contribution >= 0.6 is 0 Å². The molecule has 1 saturated heterocycles. The summed E-state index contributed by atoms with van der Waals surface area (Å²) < 4.78 is 4.67. The van der Waals surface area contributed by atoms with Crippen LogP contribution in [0.5, 0.6) is 0 Å². The Labute approximate surface area is 99.9 Å². The van der Waals surface area contributed by atoms with Gasteiger partial charge in [0.1, 0.15) is 6.26 Å². The molecule has 5 nitrogen and oxygen atoms in total. The third-order valence-electron chi connectivity index (χ3n) is 3.89. The molecule has 1 aromatic heterocycles. The Balaban J connectivity index is 1.60. The molecule has 0 radical (unpaired) electrons. The quantitative estimate of drug-likeness (QED) is 0.813. The van der Waals surface area contributed by atoms with Crippen LogP contribution in [0.1, 0.15) is 30.3 Å². The van der Waals surface area contributed by atoms with Crippen molar-refractivity contribution < 1.29 is 9.32 Å². The Bertz CT molecular complexity index is 400. The van der Waals surface area contributed by atoms with Gasteiger partial charge in [-0.3, -0.25) is 4.79 Å². The molecule has 1 aliphatic carbocycles. The van der Waals surface area contributed by atoms with E-state index in [9.17, 15) is 4.79 Å². The van der Waals surface area contributed by atoms with E-state index in [0.29, 0.717) is 17.7 Å². The first-order valence-corrected chi connectivity index (χ1v) is 6.20. The molecule has 0 bridgehead atoms. The zero-order valence-corrected chi connectivity index (χ0v) is 9.85. The lowest BCUT2D eigenvalue weighted by Gasteiger charge is -2.19. The minimum atomic E-state index is -0.145. The number of hydrogen-bond donors (Lipinski definition) is 2. The Morgan fingerprint density at radius 1 is 1.59 bits per heavy atom. The lowest BCUT2D eigenvalue weighted by Crippen LogP contribution is -2.40. The minimum absolute atomic E-state index is 0.145. The van der Waals surface area contributed by atoms with Crippen LogP contribution in [0.3, 0.4) is 0 Å². The van der Waals surface area contributed by atoms with Gasteiger partial charge in [-0.05, 0) is 24.7 Å². The lowest BCUT2D eigenvalue weighted by atomic mass is 9.95. The second-order valence-corrected chi connectivity index (χ2v) is 5.10. The lowest BCUT2D eigenvalue weighted by molar-refractivity contribution is 0.0921. The van der Waals surface area contributed by atoms with E-state index in [2.05, 4.69) is 27.2 Å². The number of nitrogens with one attached hydrogen (secondary N) is 2. The van der Waals surface area contributed by atoms with Gasteiger partial charge in [0.05, 0.1) is 0 Å². The molecule has 2 heterocycles. The summed E-state index contributed by atoms with van der Waals surface area (Å²) in [5.74, 6) is 1.16. The maximum Gasteiger partial charge on any atom is 0.273 e. The maximum atomic E-state index is 11.8. The van der Waals surface area contributed by atoms with Gasteiger partial charge in [-0.15, -0.1) is 0 Å². The molecule has 3 atom stereocenters. The summed E-state index contributed by atoms with van der Waals surface area (Å²) in [6, 6.07) is 2.35. The smallest absolute Gasteiger partial charge is 0.273 e. The van der Waals surface area contributed by atoms with Crippen LogP contribution in [0, 0.1) is 11.8 Å². The van der Waals surface area contributed by atoms with Gasteiger partial charge in [0.15, 0.2) is 5.69 Å². The van der Waals surface area contributed by atoms with E-state index in [4.69, 9.17) is 0 Å². The van der Waals surface area contributed by atoms with E-state index in [1.807, 2.05) is 0 Å². The molecule has 2 fully saturated rings. The third kappa shape index (κ3) is 2.07. The molecule has 1 amide bonds. The normalized spacial score (nSPS) is 32.6. The van der Waals surface area contributed by atoms with E-state index in [1.54, 1.807) is 6.07 Å². The van der Waals surface area contributed by atoms with Gasteiger partial charge >= 0.3 is 0 Å². The molecule has 0 aromatic carbocycles. The van der Waals surface area contributed by atoms with E-state index in [0.717, 1.165) is 12.5 Å². The van der Waals surface area contributed by atoms with Crippen LogP contribution in [0.25, 0.3) is 0 Å². The molecular weight excluding hydrogens is 218 g/mol. The van der Waals surface area contributed by atoms with Crippen molar-refractivity contribution in [1.82, 2.24) is 15.8 Å². The highest BCUT2D eigenvalue weighted by Crippen LogP contribution is 2.38. The molecule has 1 saturated carbocycles. The van der Waals surface area contributed by atoms with Crippen LogP contribution < -0.4 is 10.6 Å². The fourth-order valence-electron chi connectivity index (χ4n) is 2.69. The Morgan fingerprint density at radius 3 is 3.06 bits per heavy atom. The Hall–Kier alpha value is -1.36. The fourth-order valence-corrected chi connectivity index (χ4v) is 2.69. The number of amides is 1. The molecule has 1 aliphatic heterocycles. The van der Waals surface area contributed by atoms with Gasteiger partial charge in [0.25, 0.3) is 5.91 Å². The van der Waals surface area contributed by atoms with Crippen molar-refractivity contribution in [2.24, 2.45) is 11.8 Å². The van der Waals surface area contributed by atoms with E-state index < -0.39 is 0 Å². The van der Waals surface area contributed by atoms with E-state index in [-0.39, 0.29) is 11.9 Å². The molecule has 92 valence electrons. The predicted molar refractivity (Wildman–Crippen MR) is 61.4 cm³/mol. The molecule has 0 spiro atoms. The molecule has 2 aliphatic rings. The van der Waals surface area contributed by atoms with Gasteiger partial charge in [0, 0.05) is 24.7 Å². The number of carbonyl (C=O) groups excluding carboxylic acids is 1. The number of rotatable bonds is 3. The van der Waals surface area contributed by atoms with Crippen LogP contribution in [0.15, 0.2) is 16.9 Å². The largest absolute Gasteiger partial charge is 0.364 e. The molecule has 3 unspecified atom stereocenters. The maximum absolute atomic E-state index is 11.8. The van der Waals surface area contributed by atoms with Gasteiger partial charge < -0.3 is 15.2 Å². The Morgan fingerprint density at radius 2 is 2.41 bits per heavy atom. The van der Waals surface area contributed by atoms with Crippen molar-refractivity contribution in [3.05, 3.63) is 18.0 Å². The molecule has 2 N–H and O–H groups in total. The van der Waals surface area contributed by atoms with Crippen LogP contribution in [-0.2, 0) is 0 Å². The second kappa shape index (κ2) is 4.14. The summed E-state index contributed by atoms with van der Waals surface area (Å²) >= 11 is 0. The standard InChI is InChI=1S/C12H17N3O2/c1-7-10(6-13-11(7)8-2-3-8)14-12(16)9-4-5-17-15-9/h4-5,7-8,10-11,13H,2-3,6H2,1H3,(H,14,16). The van der Waals surface area contributed by atoms with Gasteiger partial charge in [-0.25, -0.2) is 0 Å². The highest BCUT2D eigenvalue weighted by molar-refractivity contribution is 5.92. The van der Waals surface area contributed by atoms with Crippen LogP contribution in [0.4, 0.5) is 0 Å². The number of aromatic nitrogens is 1. The van der Waals surface area contributed by atoms with Crippen molar-refractivity contribution in [1.29, 1.82) is 0 Å². The zero-order valence-electron chi connectivity index (χ0n) is 9.85. The molecule has 1 aromatic rings. The summed E-state index contributed by atoms with van der Waals surface area (Å²) in [6.45, 7) is 3.06. The Kier molecular flexibility index (Phi) is 2.63. The van der Waals surface area contributed by atoms with Crippen molar-refractivity contribution in [2.45, 2.75) is 31.8 Å². The van der Waals surface area contributed by atoms with E-state index >= 15 is 0 Å². The summed E-state index contributed by atoms with van der Waals surface area (Å²) in [5, 5.41) is 10.2. The van der Waals surface area contributed by atoms with Crippen molar-refractivity contribution in [3.8, 4) is 0 Å². The first kappa shape index (κ1) is 10.8. The highest BCUT2D eigenvalue weighted by atomic mass is 16.5. The highest BCUT2D eigenvalue weighted by Gasteiger charge is 2.42. The first-order chi connectivity index (χ1) is 8.25. The van der Waals surface area contributed by atoms with Crippen molar-refractivity contribution >= 4 is 5.91 Å². The molecule has 17 heavy (non-hydrogen) atoms. The van der Waals surface area contributed by atoms with Crippen molar-refractivity contribution in [2.75, 3.05) is 6.54 Å². The number of hydrogen-bond acceptors (Lipinski definition) is 4. The number of carbonyl (C=O) groups is 1. The molecular formula is C12H17N3O2. The summed E-state index contributed by atoms with van der Waals surface area (Å²) in [4.78, 5) is 11.8. The summed E-state index contributed by atoms with van der Waals surface area (Å²) in [5.41, 5.74) is 0.354. The summed E-state index contributed by atoms with van der Waals surface area (Å²) in [7, 11) is 0. The summed E-state index contributed by atoms with van der Waals surface area (Å²) in [6.07, 6.45) is 4.07. The monoisotopic (exact) mass is 235 g/mol. The SMILES string of the molecule is CC1C(NC(=O)c2ccon2)CNC1C1CC1. The van der Waals surface area contributed by atoms with Crippen LogP contribution in [0.2, 0.25) is 0 Å². The minimum Gasteiger partial charge on any atom is -0.364 e. The van der Waals surface area contributed by atoms with Gasteiger partial charge in [0.2, 0.25) is 0 Å². The van der Waals surface area contributed by atoms with E-state index in [1.165, 1.54) is 19.1 Å². The zero-order chi connectivity index (χ0) is 11.8. The third-order valence-corrected chi connectivity index (χ3v) is 3.89. The van der Waals surface area contributed by atoms with Crippen molar-refractivity contribution in [3.63, 3.8) is 0 Å². The average Bonchev–Trinajstić information content (AvgIpc) is 2.89. The number of nitrogens with zero attached hydrogens (tertiary/aromatic N) is 1.